The molecule has 2 aromatic carbocycles. The van der Waals surface area contributed by atoms with Crippen molar-refractivity contribution in [3.05, 3.63) is 64.8 Å². The zero-order valence-corrected chi connectivity index (χ0v) is 18.3. The summed E-state index contributed by atoms with van der Waals surface area (Å²) < 4.78 is 52.8. The molecule has 1 N–H and O–H groups in total. The van der Waals surface area contributed by atoms with E-state index in [1.807, 2.05) is 24.3 Å². The average molecular weight is 484 g/mol. The summed E-state index contributed by atoms with van der Waals surface area (Å²) in [6.07, 6.45) is -1.44. The van der Waals surface area contributed by atoms with Crippen molar-refractivity contribution in [1.29, 1.82) is 0 Å². The van der Waals surface area contributed by atoms with Gasteiger partial charge in [-0.1, -0.05) is 24.3 Å². The molecule has 1 amide bonds. The van der Waals surface area contributed by atoms with Crippen LogP contribution in [0.4, 0.5) is 13.2 Å². The summed E-state index contributed by atoms with van der Waals surface area (Å²) in [6, 6.07) is 12.6. The van der Waals surface area contributed by atoms with Crippen LogP contribution in [0.2, 0.25) is 0 Å². The highest BCUT2D eigenvalue weighted by molar-refractivity contribution is 6.07. The number of nitrogens with one attached hydrogen (secondary N) is 1. The zero-order chi connectivity index (χ0) is 24.6. The molecule has 2 aliphatic rings. The maximum absolute atomic E-state index is 13.0. The molecule has 10 heteroatoms. The Hall–Kier alpha value is -4.08. The number of benzene rings is 2. The summed E-state index contributed by atoms with van der Waals surface area (Å²) in [4.78, 5) is 29.5. The topological polar surface area (TPSA) is 86.8 Å². The van der Waals surface area contributed by atoms with Crippen LogP contribution >= 0.6 is 0 Å². The Morgan fingerprint density at radius 1 is 1.09 bits per heavy atom. The average Bonchev–Trinajstić information content (AvgIpc) is 3.46. The van der Waals surface area contributed by atoms with Gasteiger partial charge in [-0.05, 0) is 53.8 Å². The van der Waals surface area contributed by atoms with Gasteiger partial charge in [-0.15, -0.1) is 0 Å². The highest BCUT2D eigenvalue weighted by atomic mass is 19.4. The Morgan fingerprint density at radius 3 is 2.71 bits per heavy atom. The molecule has 0 atom stereocenters. The van der Waals surface area contributed by atoms with Gasteiger partial charge in [0.1, 0.15) is 6.54 Å². The Labute approximate surface area is 197 Å². The van der Waals surface area contributed by atoms with Crippen molar-refractivity contribution in [3.8, 4) is 11.5 Å². The van der Waals surface area contributed by atoms with Gasteiger partial charge in [0.05, 0.1) is 16.8 Å². The standard InChI is InChI=1S/C25H19F3N2O5/c26-25(27,28)12-29-21(31)11-33-24(32)22-16-3-1-2-4-18(16)30-23-15(6-7-17(22)23)9-14-5-8-19-20(10-14)35-13-34-19/h1-5,8-10H,6-7,11-13H2,(H,29,31)/b15-9-. The first-order valence-electron chi connectivity index (χ1n) is 10.8. The van der Waals surface area contributed by atoms with E-state index in [9.17, 15) is 22.8 Å². The minimum absolute atomic E-state index is 0.172. The van der Waals surface area contributed by atoms with Crippen molar-refractivity contribution in [2.75, 3.05) is 19.9 Å². The largest absolute Gasteiger partial charge is 0.454 e. The quantitative estimate of drug-likeness (QED) is 0.544. The molecule has 0 spiro atoms. The lowest BCUT2D eigenvalue weighted by atomic mass is 10.0. The van der Waals surface area contributed by atoms with Gasteiger partial charge in [-0.3, -0.25) is 4.79 Å². The molecule has 1 aliphatic heterocycles. The van der Waals surface area contributed by atoms with E-state index in [-0.39, 0.29) is 12.4 Å². The maximum atomic E-state index is 13.0. The SMILES string of the molecule is O=C(COC(=O)c1c2c(nc3ccccc13)/C(=C\c1ccc3c(c1)OCO3)CC2)NCC(F)(F)F. The Bertz CT molecular complexity index is 1370. The van der Waals surface area contributed by atoms with Crippen molar-refractivity contribution in [1.82, 2.24) is 10.3 Å². The second-order valence-electron chi connectivity index (χ2n) is 8.08. The molecule has 180 valence electrons. The van der Waals surface area contributed by atoms with Gasteiger partial charge in [0.25, 0.3) is 5.91 Å². The van der Waals surface area contributed by atoms with E-state index in [1.165, 1.54) is 0 Å². The minimum Gasteiger partial charge on any atom is -0.454 e. The maximum Gasteiger partial charge on any atom is 0.405 e. The number of carbonyl (C=O) groups excluding carboxylic acids is 2. The molecule has 1 aliphatic carbocycles. The third-order valence-electron chi connectivity index (χ3n) is 5.70. The number of pyridine rings is 1. The Morgan fingerprint density at radius 2 is 1.89 bits per heavy atom. The van der Waals surface area contributed by atoms with Crippen LogP contribution in [-0.4, -0.2) is 43.0 Å². The van der Waals surface area contributed by atoms with Crippen LogP contribution < -0.4 is 14.8 Å². The fourth-order valence-electron chi connectivity index (χ4n) is 4.17. The van der Waals surface area contributed by atoms with Crippen LogP contribution in [0, 0.1) is 0 Å². The Kier molecular flexibility index (Phi) is 5.80. The van der Waals surface area contributed by atoms with Crippen LogP contribution in [0.1, 0.15) is 33.6 Å². The summed E-state index contributed by atoms with van der Waals surface area (Å²) >= 11 is 0. The molecule has 0 radical (unpaired) electrons. The summed E-state index contributed by atoms with van der Waals surface area (Å²) in [5.41, 5.74) is 3.96. The number of hydrogen-bond donors (Lipinski definition) is 1. The lowest BCUT2D eigenvalue weighted by Crippen LogP contribution is -2.36. The minimum atomic E-state index is -4.55. The number of nitrogens with zero attached hydrogens (tertiary/aromatic N) is 1. The smallest absolute Gasteiger partial charge is 0.405 e. The predicted molar refractivity (Wildman–Crippen MR) is 120 cm³/mol. The third-order valence-corrected chi connectivity index (χ3v) is 5.70. The number of alkyl halides is 3. The number of hydrogen-bond acceptors (Lipinski definition) is 6. The predicted octanol–water partition coefficient (Wildman–Crippen LogP) is 4.29. The number of ether oxygens (including phenoxy) is 3. The summed E-state index contributed by atoms with van der Waals surface area (Å²) in [5.74, 6) is -0.495. The highest BCUT2D eigenvalue weighted by Crippen LogP contribution is 2.39. The van der Waals surface area contributed by atoms with Gasteiger partial charge in [0, 0.05) is 5.39 Å². The first-order chi connectivity index (χ1) is 16.8. The van der Waals surface area contributed by atoms with E-state index in [0.717, 1.165) is 11.1 Å². The van der Waals surface area contributed by atoms with Gasteiger partial charge < -0.3 is 19.5 Å². The van der Waals surface area contributed by atoms with Gasteiger partial charge in [0.15, 0.2) is 18.1 Å². The lowest BCUT2D eigenvalue weighted by Gasteiger charge is -2.13. The van der Waals surface area contributed by atoms with Crippen LogP contribution in [0.3, 0.4) is 0 Å². The van der Waals surface area contributed by atoms with Crippen LogP contribution in [0.5, 0.6) is 11.5 Å². The van der Waals surface area contributed by atoms with Crippen molar-refractivity contribution in [2.24, 2.45) is 0 Å². The number of fused-ring (bicyclic) bond motifs is 3. The van der Waals surface area contributed by atoms with E-state index in [2.05, 4.69) is 0 Å². The molecular formula is C25H19F3N2O5. The van der Waals surface area contributed by atoms with Crippen molar-refractivity contribution < 1.29 is 37.0 Å². The molecule has 0 unspecified atom stereocenters. The number of aromatic nitrogens is 1. The number of para-hydroxylation sites is 1. The molecule has 3 aromatic rings. The molecule has 0 fully saturated rings. The molecule has 0 saturated heterocycles. The van der Waals surface area contributed by atoms with Crippen molar-refractivity contribution in [3.63, 3.8) is 0 Å². The summed E-state index contributed by atoms with van der Waals surface area (Å²) in [6.45, 7) is -2.14. The van der Waals surface area contributed by atoms with E-state index in [1.54, 1.807) is 29.6 Å². The molecule has 7 nitrogen and oxygen atoms in total. The monoisotopic (exact) mass is 484 g/mol. The molecule has 2 heterocycles. The third kappa shape index (κ3) is 4.77. The van der Waals surface area contributed by atoms with Crippen LogP contribution in [0.25, 0.3) is 22.6 Å². The summed E-state index contributed by atoms with van der Waals surface area (Å²) in [7, 11) is 0. The van der Waals surface area contributed by atoms with Crippen LogP contribution in [0.15, 0.2) is 42.5 Å². The normalized spacial score (nSPS) is 15.3. The van der Waals surface area contributed by atoms with Gasteiger partial charge in [-0.2, -0.15) is 13.2 Å². The number of rotatable bonds is 5. The van der Waals surface area contributed by atoms with E-state index >= 15 is 0 Å². The molecule has 0 bridgehead atoms. The van der Waals surface area contributed by atoms with E-state index in [0.29, 0.717) is 46.5 Å². The Balaban J connectivity index is 1.44. The van der Waals surface area contributed by atoms with E-state index < -0.39 is 31.2 Å². The van der Waals surface area contributed by atoms with Crippen LogP contribution in [-0.2, 0) is 16.0 Å². The van der Waals surface area contributed by atoms with Gasteiger partial charge in [-0.25, -0.2) is 9.78 Å². The molecule has 0 saturated carbocycles. The lowest BCUT2D eigenvalue weighted by molar-refractivity contribution is -0.140. The fraction of sp³-hybridized carbons (Fsp3) is 0.240. The first kappa shape index (κ1) is 22.7. The number of halogens is 3. The molecule has 1 aromatic heterocycles. The highest BCUT2D eigenvalue weighted by Gasteiger charge is 2.30. The zero-order valence-electron chi connectivity index (χ0n) is 18.3. The number of allylic oxidation sites excluding steroid dienone is 1. The van der Waals surface area contributed by atoms with Gasteiger partial charge >= 0.3 is 12.1 Å². The summed E-state index contributed by atoms with van der Waals surface area (Å²) in [5, 5.41) is 2.24. The molecule has 35 heavy (non-hydrogen) atoms. The van der Waals surface area contributed by atoms with E-state index in [4.69, 9.17) is 19.2 Å². The number of esters is 1. The second-order valence-corrected chi connectivity index (χ2v) is 8.08. The number of amides is 1. The molecule has 5 rings (SSSR count). The number of carbonyl (C=O) groups is 2. The van der Waals surface area contributed by atoms with Crippen molar-refractivity contribution >= 4 is 34.4 Å². The van der Waals surface area contributed by atoms with Crippen molar-refractivity contribution in [2.45, 2.75) is 19.0 Å². The first-order valence-corrected chi connectivity index (χ1v) is 10.8. The molecular weight excluding hydrogens is 465 g/mol. The fourth-order valence-corrected chi connectivity index (χ4v) is 4.17. The van der Waals surface area contributed by atoms with Gasteiger partial charge in [0.2, 0.25) is 6.79 Å². The second kappa shape index (κ2) is 8.94.